The zero-order valence-electron chi connectivity index (χ0n) is 13.4. The fourth-order valence-electron chi connectivity index (χ4n) is 2.47. The standard InChI is InChI=1S/C18H31NO/c1-18(2,3)15-17(16-11-7-6-8-12-16)19-13-9-4-5-10-14-20/h6-8,11-12,17,19-20H,4-5,9-10,13-15H2,1-3H3. The monoisotopic (exact) mass is 277 g/mol. The molecule has 1 aromatic carbocycles. The molecular formula is C18H31NO. The van der Waals surface area contributed by atoms with E-state index in [1.54, 1.807) is 0 Å². The smallest absolute Gasteiger partial charge is 0.0431 e. The topological polar surface area (TPSA) is 32.3 Å². The fourth-order valence-corrected chi connectivity index (χ4v) is 2.47. The summed E-state index contributed by atoms with van der Waals surface area (Å²) in [5.41, 5.74) is 1.71. The molecule has 0 aliphatic carbocycles. The van der Waals surface area contributed by atoms with Crippen molar-refractivity contribution >= 4 is 0 Å². The van der Waals surface area contributed by atoms with Gasteiger partial charge in [-0.3, -0.25) is 0 Å². The highest BCUT2D eigenvalue weighted by Gasteiger charge is 2.19. The number of benzene rings is 1. The van der Waals surface area contributed by atoms with E-state index in [-0.39, 0.29) is 0 Å². The maximum atomic E-state index is 8.77. The van der Waals surface area contributed by atoms with Crippen LogP contribution in [0.15, 0.2) is 30.3 Å². The molecule has 0 spiro atoms. The molecule has 0 amide bonds. The van der Waals surface area contributed by atoms with E-state index < -0.39 is 0 Å². The van der Waals surface area contributed by atoms with Gasteiger partial charge in [0.05, 0.1) is 0 Å². The third kappa shape index (κ3) is 7.66. The lowest BCUT2D eigenvalue weighted by Gasteiger charge is -2.27. The molecule has 0 aliphatic rings. The summed E-state index contributed by atoms with van der Waals surface area (Å²) in [6, 6.07) is 11.2. The quantitative estimate of drug-likeness (QED) is 0.659. The molecule has 20 heavy (non-hydrogen) atoms. The number of hydrogen-bond donors (Lipinski definition) is 2. The maximum absolute atomic E-state index is 8.77. The second kappa shape index (κ2) is 9.15. The molecule has 1 unspecified atom stereocenters. The molecular weight excluding hydrogens is 246 g/mol. The highest BCUT2D eigenvalue weighted by molar-refractivity contribution is 5.19. The number of hydrogen-bond acceptors (Lipinski definition) is 2. The summed E-state index contributed by atoms with van der Waals surface area (Å²) in [6.07, 6.45) is 5.60. The third-order valence-corrected chi connectivity index (χ3v) is 3.49. The predicted molar refractivity (Wildman–Crippen MR) is 86.8 cm³/mol. The number of aliphatic hydroxyl groups is 1. The average molecular weight is 277 g/mol. The zero-order chi connectivity index (χ0) is 14.8. The summed E-state index contributed by atoms with van der Waals surface area (Å²) in [5, 5.41) is 12.5. The predicted octanol–water partition coefficient (Wildman–Crippen LogP) is 4.31. The van der Waals surface area contributed by atoms with Gasteiger partial charge in [0.15, 0.2) is 0 Å². The van der Waals surface area contributed by atoms with Crippen molar-refractivity contribution in [1.29, 1.82) is 0 Å². The first-order chi connectivity index (χ1) is 9.53. The number of aliphatic hydroxyl groups excluding tert-OH is 1. The highest BCUT2D eigenvalue weighted by atomic mass is 16.2. The van der Waals surface area contributed by atoms with E-state index in [1.165, 1.54) is 18.4 Å². The van der Waals surface area contributed by atoms with Gasteiger partial charge < -0.3 is 10.4 Å². The van der Waals surface area contributed by atoms with Crippen LogP contribution in [0.4, 0.5) is 0 Å². The summed E-state index contributed by atoms with van der Waals surface area (Å²) < 4.78 is 0. The van der Waals surface area contributed by atoms with Crippen LogP contribution in [-0.2, 0) is 0 Å². The Labute approximate surface area is 124 Å². The lowest BCUT2D eigenvalue weighted by atomic mass is 9.85. The molecule has 0 heterocycles. The molecule has 0 aromatic heterocycles. The van der Waals surface area contributed by atoms with Crippen LogP contribution in [0.2, 0.25) is 0 Å². The molecule has 1 atom stereocenters. The Bertz CT molecular complexity index is 342. The molecule has 2 heteroatoms. The molecule has 1 aromatic rings. The molecule has 0 radical (unpaired) electrons. The molecule has 0 fully saturated rings. The first-order valence-corrected chi connectivity index (χ1v) is 7.92. The Balaban J connectivity index is 2.43. The van der Waals surface area contributed by atoms with Gasteiger partial charge in [-0.1, -0.05) is 63.9 Å². The van der Waals surface area contributed by atoms with Gasteiger partial charge >= 0.3 is 0 Å². The molecule has 2 nitrogen and oxygen atoms in total. The van der Waals surface area contributed by atoms with Crippen molar-refractivity contribution in [2.75, 3.05) is 13.2 Å². The normalized spacial score (nSPS) is 13.4. The van der Waals surface area contributed by atoms with Crippen molar-refractivity contribution in [2.24, 2.45) is 5.41 Å². The summed E-state index contributed by atoms with van der Waals surface area (Å²) in [5.74, 6) is 0. The number of nitrogens with one attached hydrogen (secondary N) is 1. The average Bonchev–Trinajstić information content (AvgIpc) is 2.41. The van der Waals surface area contributed by atoms with Crippen LogP contribution in [0.5, 0.6) is 0 Å². The maximum Gasteiger partial charge on any atom is 0.0431 e. The number of unbranched alkanes of at least 4 members (excludes halogenated alkanes) is 3. The van der Waals surface area contributed by atoms with E-state index in [1.807, 2.05) is 0 Å². The van der Waals surface area contributed by atoms with Crippen LogP contribution in [0.25, 0.3) is 0 Å². The third-order valence-electron chi connectivity index (χ3n) is 3.49. The molecule has 1 rings (SSSR count). The van der Waals surface area contributed by atoms with Gasteiger partial charge in [-0.2, -0.15) is 0 Å². The van der Waals surface area contributed by atoms with Crippen LogP contribution in [-0.4, -0.2) is 18.3 Å². The van der Waals surface area contributed by atoms with E-state index in [0.717, 1.165) is 25.8 Å². The Hall–Kier alpha value is -0.860. The Morgan fingerprint density at radius 2 is 1.65 bits per heavy atom. The van der Waals surface area contributed by atoms with Crippen molar-refractivity contribution in [1.82, 2.24) is 5.32 Å². The second-order valence-electron chi connectivity index (χ2n) is 6.82. The first kappa shape index (κ1) is 17.2. The van der Waals surface area contributed by atoms with E-state index >= 15 is 0 Å². The molecule has 114 valence electrons. The van der Waals surface area contributed by atoms with Gasteiger partial charge in [-0.15, -0.1) is 0 Å². The van der Waals surface area contributed by atoms with Gasteiger partial charge in [-0.25, -0.2) is 0 Å². The van der Waals surface area contributed by atoms with E-state index in [0.29, 0.717) is 18.1 Å². The van der Waals surface area contributed by atoms with Crippen molar-refractivity contribution in [3.63, 3.8) is 0 Å². The summed E-state index contributed by atoms with van der Waals surface area (Å²) in [7, 11) is 0. The molecule has 0 saturated heterocycles. The Morgan fingerprint density at radius 1 is 1.00 bits per heavy atom. The van der Waals surface area contributed by atoms with Gasteiger partial charge in [0.2, 0.25) is 0 Å². The van der Waals surface area contributed by atoms with E-state index in [2.05, 4.69) is 56.4 Å². The van der Waals surface area contributed by atoms with Crippen molar-refractivity contribution in [3.05, 3.63) is 35.9 Å². The van der Waals surface area contributed by atoms with Gasteiger partial charge in [-0.05, 0) is 36.8 Å². The van der Waals surface area contributed by atoms with Crippen molar-refractivity contribution in [3.8, 4) is 0 Å². The van der Waals surface area contributed by atoms with Gasteiger partial charge in [0, 0.05) is 12.6 Å². The lowest BCUT2D eigenvalue weighted by Crippen LogP contribution is -2.26. The Kier molecular flexibility index (Phi) is 7.86. The SMILES string of the molecule is CC(C)(C)CC(NCCCCCCO)c1ccccc1. The fraction of sp³-hybridized carbons (Fsp3) is 0.667. The number of rotatable bonds is 9. The van der Waals surface area contributed by atoms with Crippen LogP contribution in [0.1, 0.15) is 64.5 Å². The van der Waals surface area contributed by atoms with E-state index in [9.17, 15) is 0 Å². The second-order valence-corrected chi connectivity index (χ2v) is 6.82. The summed E-state index contributed by atoms with van der Waals surface area (Å²) in [6.45, 7) is 8.27. The first-order valence-electron chi connectivity index (χ1n) is 7.92. The van der Waals surface area contributed by atoms with Crippen molar-refractivity contribution in [2.45, 2.75) is 58.9 Å². The van der Waals surface area contributed by atoms with Crippen LogP contribution in [0.3, 0.4) is 0 Å². The lowest BCUT2D eigenvalue weighted by molar-refractivity contribution is 0.281. The van der Waals surface area contributed by atoms with Crippen LogP contribution < -0.4 is 5.32 Å². The van der Waals surface area contributed by atoms with E-state index in [4.69, 9.17) is 5.11 Å². The Morgan fingerprint density at radius 3 is 2.25 bits per heavy atom. The van der Waals surface area contributed by atoms with Gasteiger partial charge in [0.1, 0.15) is 0 Å². The molecule has 0 aliphatic heterocycles. The largest absolute Gasteiger partial charge is 0.396 e. The van der Waals surface area contributed by atoms with Crippen molar-refractivity contribution < 1.29 is 5.11 Å². The molecule has 0 saturated carbocycles. The van der Waals surface area contributed by atoms with Gasteiger partial charge in [0.25, 0.3) is 0 Å². The molecule has 0 bridgehead atoms. The van der Waals surface area contributed by atoms with Crippen LogP contribution >= 0.6 is 0 Å². The summed E-state index contributed by atoms with van der Waals surface area (Å²) in [4.78, 5) is 0. The highest BCUT2D eigenvalue weighted by Crippen LogP contribution is 2.29. The van der Waals surface area contributed by atoms with Crippen LogP contribution in [0, 0.1) is 5.41 Å². The minimum absolute atomic E-state index is 0.324. The minimum Gasteiger partial charge on any atom is -0.396 e. The summed E-state index contributed by atoms with van der Waals surface area (Å²) >= 11 is 0. The zero-order valence-corrected chi connectivity index (χ0v) is 13.4. The minimum atomic E-state index is 0.324. The molecule has 2 N–H and O–H groups in total.